The van der Waals surface area contributed by atoms with Crippen molar-refractivity contribution in [2.24, 2.45) is 7.05 Å². The number of benzene rings is 3. The van der Waals surface area contributed by atoms with Crippen LogP contribution in [0.2, 0.25) is 5.02 Å². The number of aromatic nitrogens is 2. The van der Waals surface area contributed by atoms with E-state index in [0.717, 1.165) is 11.0 Å². The van der Waals surface area contributed by atoms with Crippen LogP contribution >= 0.6 is 11.6 Å². The predicted octanol–water partition coefficient (Wildman–Crippen LogP) is 5.52. The number of ether oxygens (including phenoxy) is 3. The molecule has 0 aliphatic rings. The molecule has 0 radical (unpaired) electrons. The quantitative estimate of drug-likeness (QED) is 0.369. The Labute approximate surface area is 182 Å². The third-order valence-electron chi connectivity index (χ3n) is 4.64. The van der Waals surface area contributed by atoms with Gasteiger partial charge in [0.25, 0.3) is 0 Å². The third-order valence-corrected chi connectivity index (χ3v) is 4.86. The topological polar surface area (TPSA) is 62.6 Å². The molecule has 0 unspecified atom stereocenters. The Hall–Kier alpha value is -3.58. The summed E-state index contributed by atoms with van der Waals surface area (Å²) in [6.07, 6.45) is 0. The molecule has 0 N–H and O–H groups in total. The fourth-order valence-electron chi connectivity index (χ4n) is 3.11. The fraction of sp³-hybridized carbons (Fsp3) is 0.130. The molecule has 4 aromatic rings. The van der Waals surface area contributed by atoms with E-state index in [4.69, 9.17) is 25.8 Å². The molecule has 0 fully saturated rings. The minimum Gasteiger partial charge on any atom is -0.486 e. The number of hydrogen-bond acceptors (Lipinski definition) is 5. The number of rotatable bonds is 6. The van der Waals surface area contributed by atoms with Gasteiger partial charge >= 0.3 is 5.97 Å². The van der Waals surface area contributed by atoms with Crippen LogP contribution in [0.3, 0.4) is 0 Å². The molecule has 0 spiro atoms. The Bertz CT molecular complexity index is 1250. The molecule has 0 atom stereocenters. The zero-order valence-corrected chi connectivity index (χ0v) is 17.5. The lowest BCUT2D eigenvalue weighted by atomic mass is 10.2. The van der Waals surface area contributed by atoms with Gasteiger partial charge in [-0.15, -0.1) is 0 Å². The highest BCUT2D eigenvalue weighted by atomic mass is 35.5. The van der Waals surface area contributed by atoms with E-state index in [9.17, 15) is 9.18 Å². The first-order valence-corrected chi connectivity index (χ1v) is 9.71. The predicted molar refractivity (Wildman–Crippen MR) is 114 cm³/mol. The Morgan fingerprint density at radius 1 is 1.06 bits per heavy atom. The van der Waals surface area contributed by atoms with E-state index in [-0.39, 0.29) is 11.6 Å². The van der Waals surface area contributed by atoms with E-state index in [0.29, 0.717) is 28.6 Å². The average molecular weight is 441 g/mol. The molecule has 0 saturated heterocycles. The van der Waals surface area contributed by atoms with Crippen molar-refractivity contribution >= 4 is 28.6 Å². The summed E-state index contributed by atoms with van der Waals surface area (Å²) < 4.78 is 31.7. The smallest absolute Gasteiger partial charge is 0.337 e. The number of imidazole rings is 1. The molecule has 6 nitrogen and oxygen atoms in total. The second-order valence-corrected chi connectivity index (χ2v) is 7.19. The van der Waals surface area contributed by atoms with Crippen LogP contribution in [0.1, 0.15) is 16.2 Å². The zero-order valence-electron chi connectivity index (χ0n) is 16.8. The first-order valence-electron chi connectivity index (χ1n) is 9.33. The van der Waals surface area contributed by atoms with Gasteiger partial charge in [0.05, 0.1) is 23.7 Å². The summed E-state index contributed by atoms with van der Waals surface area (Å²) >= 11 is 5.89. The fourth-order valence-corrected chi connectivity index (χ4v) is 3.33. The lowest BCUT2D eigenvalue weighted by Crippen LogP contribution is -2.05. The van der Waals surface area contributed by atoms with E-state index in [2.05, 4.69) is 4.98 Å². The van der Waals surface area contributed by atoms with Gasteiger partial charge in [-0.25, -0.2) is 14.2 Å². The summed E-state index contributed by atoms with van der Waals surface area (Å²) in [6.45, 7) is 0.200. The first-order chi connectivity index (χ1) is 14.9. The van der Waals surface area contributed by atoms with E-state index in [1.165, 1.54) is 19.2 Å². The summed E-state index contributed by atoms with van der Waals surface area (Å²) in [5, 5.41) is 0.257. The molecule has 0 aliphatic heterocycles. The monoisotopic (exact) mass is 440 g/mol. The maximum atomic E-state index is 13.5. The molecule has 0 saturated carbocycles. The highest BCUT2D eigenvalue weighted by Crippen LogP contribution is 2.28. The van der Waals surface area contributed by atoms with Gasteiger partial charge in [0, 0.05) is 24.2 Å². The maximum absolute atomic E-state index is 13.5. The molecule has 3 aromatic carbocycles. The summed E-state index contributed by atoms with van der Waals surface area (Å²) in [5.74, 6) is 1.14. The molecular formula is C23H18ClFN2O4. The molecular weight excluding hydrogens is 423 g/mol. The van der Waals surface area contributed by atoms with Gasteiger partial charge in [-0.3, -0.25) is 0 Å². The Morgan fingerprint density at radius 2 is 1.90 bits per heavy atom. The Morgan fingerprint density at radius 3 is 2.68 bits per heavy atom. The van der Waals surface area contributed by atoms with Crippen LogP contribution in [-0.4, -0.2) is 22.6 Å². The highest BCUT2D eigenvalue weighted by molar-refractivity contribution is 6.30. The van der Waals surface area contributed by atoms with Crippen molar-refractivity contribution in [2.45, 2.75) is 6.61 Å². The normalized spacial score (nSPS) is 10.8. The summed E-state index contributed by atoms with van der Waals surface area (Å²) in [4.78, 5) is 16.3. The largest absolute Gasteiger partial charge is 0.486 e. The van der Waals surface area contributed by atoms with Crippen molar-refractivity contribution < 1.29 is 23.4 Å². The lowest BCUT2D eigenvalue weighted by molar-refractivity contribution is 0.0600. The zero-order chi connectivity index (χ0) is 22.0. The number of carbonyl (C=O) groups is 1. The first kappa shape index (κ1) is 20.7. The number of esters is 1. The van der Waals surface area contributed by atoms with Crippen LogP contribution in [0.15, 0.2) is 60.7 Å². The molecule has 8 heteroatoms. The number of fused-ring (bicyclic) bond motifs is 1. The van der Waals surface area contributed by atoms with Crippen LogP contribution < -0.4 is 9.47 Å². The molecule has 0 bridgehead atoms. The standard InChI is InChI=1S/C23H18ClFN2O4/c1-27-21-12-18(31-19-10-15(24)9-16(25)11-19)6-7-20(21)26-22(27)13-30-17-5-3-4-14(8-17)23(28)29-2/h3-12H,13H2,1-2H3. The van der Waals surface area contributed by atoms with Gasteiger partial charge < -0.3 is 18.8 Å². The van der Waals surface area contributed by atoms with E-state index < -0.39 is 11.8 Å². The Kier molecular flexibility index (Phi) is 5.77. The minimum absolute atomic E-state index is 0.200. The van der Waals surface area contributed by atoms with Crippen molar-refractivity contribution in [3.8, 4) is 17.2 Å². The highest BCUT2D eigenvalue weighted by Gasteiger charge is 2.12. The van der Waals surface area contributed by atoms with Crippen LogP contribution in [0.4, 0.5) is 4.39 Å². The van der Waals surface area contributed by atoms with Gasteiger partial charge in [0.2, 0.25) is 0 Å². The number of halogens is 2. The summed E-state index contributed by atoms with van der Waals surface area (Å²) in [6, 6.07) is 16.1. The molecule has 4 rings (SSSR count). The molecule has 0 amide bonds. The maximum Gasteiger partial charge on any atom is 0.337 e. The number of carbonyl (C=O) groups excluding carboxylic acids is 1. The van der Waals surface area contributed by atoms with Crippen LogP contribution in [0.5, 0.6) is 17.2 Å². The van der Waals surface area contributed by atoms with Gasteiger partial charge in [0.1, 0.15) is 35.5 Å². The molecule has 1 aromatic heterocycles. The van der Waals surface area contributed by atoms with E-state index in [1.54, 1.807) is 36.4 Å². The average Bonchev–Trinajstić information content (AvgIpc) is 3.06. The summed E-state index contributed by atoms with van der Waals surface area (Å²) in [7, 11) is 3.19. The van der Waals surface area contributed by atoms with Gasteiger partial charge in [-0.05, 0) is 42.5 Å². The van der Waals surface area contributed by atoms with Crippen LogP contribution in [0, 0.1) is 5.82 Å². The second kappa shape index (κ2) is 8.65. The van der Waals surface area contributed by atoms with Crippen molar-refractivity contribution in [3.05, 3.63) is 82.9 Å². The molecule has 31 heavy (non-hydrogen) atoms. The van der Waals surface area contributed by atoms with Crippen molar-refractivity contribution in [1.29, 1.82) is 0 Å². The van der Waals surface area contributed by atoms with Gasteiger partial charge in [-0.1, -0.05) is 17.7 Å². The van der Waals surface area contributed by atoms with Gasteiger partial charge in [0.15, 0.2) is 0 Å². The minimum atomic E-state index is -0.472. The lowest BCUT2D eigenvalue weighted by Gasteiger charge is -2.08. The number of methoxy groups -OCH3 is 1. The van der Waals surface area contributed by atoms with Crippen molar-refractivity contribution in [1.82, 2.24) is 9.55 Å². The SMILES string of the molecule is COC(=O)c1cccc(OCc2nc3ccc(Oc4cc(F)cc(Cl)c4)cc3n2C)c1. The number of nitrogens with zero attached hydrogens (tertiary/aromatic N) is 2. The Balaban J connectivity index is 1.53. The molecule has 0 aliphatic carbocycles. The summed E-state index contributed by atoms with van der Waals surface area (Å²) in [5.41, 5.74) is 1.99. The number of aryl methyl sites for hydroxylation is 1. The molecule has 158 valence electrons. The van der Waals surface area contributed by atoms with Crippen LogP contribution in [-0.2, 0) is 18.4 Å². The van der Waals surface area contributed by atoms with Crippen molar-refractivity contribution in [3.63, 3.8) is 0 Å². The molecule has 1 heterocycles. The van der Waals surface area contributed by atoms with Crippen LogP contribution in [0.25, 0.3) is 11.0 Å². The second-order valence-electron chi connectivity index (χ2n) is 6.75. The third kappa shape index (κ3) is 4.62. The van der Waals surface area contributed by atoms with E-state index >= 15 is 0 Å². The van der Waals surface area contributed by atoms with Gasteiger partial charge in [-0.2, -0.15) is 0 Å². The van der Waals surface area contributed by atoms with Crippen molar-refractivity contribution in [2.75, 3.05) is 7.11 Å². The number of hydrogen-bond donors (Lipinski definition) is 0. The van der Waals surface area contributed by atoms with E-state index in [1.807, 2.05) is 23.7 Å².